The molecule has 0 radical (unpaired) electrons. The Balaban J connectivity index is 2.62. The monoisotopic (exact) mass is 582 g/mol. The number of benzene rings is 2. The zero-order chi connectivity index (χ0) is 31.6. The maximum Gasteiger partial charge on any atom is 0.340 e. The molecule has 42 heavy (non-hydrogen) atoms. The highest BCUT2D eigenvalue weighted by molar-refractivity contribution is 6.22. The molecule has 0 aliphatic carbocycles. The molecule has 0 saturated carbocycles. The lowest BCUT2D eigenvalue weighted by Gasteiger charge is -2.17. The smallest absolute Gasteiger partial charge is 0.340 e. The standard InChI is InChI=1S/C29H26O13/c1-15(2)26(35)39-10-12-41-28(37)19-14-18(23(30)17-8-6-5-7-9-17)20(24(31)32)22(25(33)34)21(19)29(38)42-13-11-40-27(36)16(3)4/h5-9,14H,1,3,10-13H2,2,4H3,(H,31,32)(H,33,34). The van der Waals surface area contributed by atoms with Gasteiger partial charge in [0.2, 0.25) is 0 Å². The Kier molecular flexibility index (Phi) is 11.4. The molecule has 2 N–H and O–H groups in total. The van der Waals surface area contributed by atoms with E-state index in [0.717, 1.165) is 0 Å². The minimum Gasteiger partial charge on any atom is -0.478 e. The molecule has 0 bridgehead atoms. The third-order valence-corrected chi connectivity index (χ3v) is 5.26. The Morgan fingerprint density at radius 2 is 1.07 bits per heavy atom. The van der Waals surface area contributed by atoms with Gasteiger partial charge in [-0.1, -0.05) is 43.5 Å². The third-order valence-electron chi connectivity index (χ3n) is 5.26. The number of ether oxygens (including phenoxy) is 4. The Labute approximate surface area is 238 Å². The largest absolute Gasteiger partial charge is 0.478 e. The van der Waals surface area contributed by atoms with E-state index < -0.39 is 95.8 Å². The number of aromatic carboxylic acids is 2. The Morgan fingerprint density at radius 3 is 1.52 bits per heavy atom. The third kappa shape index (κ3) is 8.21. The second kappa shape index (κ2) is 14.7. The number of carboxylic acid groups (broad SMARTS) is 2. The maximum atomic E-state index is 13.3. The van der Waals surface area contributed by atoms with Gasteiger partial charge >= 0.3 is 35.8 Å². The van der Waals surface area contributed by atoms with Crippen LogP contribution in [0.2, 0.25) is 0 Å². The fourth-order valence-corrected chi connectivity index (χ4v) is 3.35. The predicted octanol–water partition coefficient (Wildman–Crippen LogP) is 2.87. The summed E-state index contributed by atoms with van der Waals surface area (Å²) in [4.78, 5) is 87.2. The van der Waals surface area contributed by atoms with Crippen molar-refractivity contribution in [1.29, 1.82) is 0 Å². The zero-order valence-electron chi connectivity index (χ0n) is 22.6. The summed E-state index contributed by atoms with van der Waals surface area (Å²) in [6.45, 7) is 7.43. The van der Waals surface area contributed by atoms with Crippen molar-refractivity contribution in [1.82, 2.24) is 0 Å². The van der Waals surface area contributed by atoms with Gasteiger partial charge in [-0.2, -0.15) is 0 Å². The van der Waals surface area contributed by atoms with Crippen molar-refractivity contribution >= 4 is 41.6 Å². The maximum absolute atomic E-state index is 13.3. The van der Waals surface area contributed by atoms with Crippen molar-refractivity contribution in [3.8, 4) is 0 Å². The molecule has 0 fully saturated rings. The van der Waals surface area contributed by atoms with E-state index in [1.165, 1.54) is 38.1 Å². The zero-order valence-corrected chi connectivity index (χ0v) is 22.6. The summed E-state index contributed by atoms with van der Waals surface area (Å²) in [5.41, 5.74) is -4.78. The van der Waals surface area contributed by atoms with Crippen LogP contribution in [-0.2, 0) is 28.5 Å². The minimum atomic E-state index is -1.97. The second-order valence-electron chi connectivity index (χ2n) is 8.51. The molecule has 2 aromatic rings. The van der Waals surface area contributed by atoms with Crippen LogP contribution in [0.3, 0.4) is 0 Å². The molecular weight excluding hydrogens is 556 g/mol. The Bertz CT molecular complexity index is 1470. The molecule has 0 amide bonds. The molecule has 0 aliphatic heterocycles. The van der Waals surface area contributed by atoms with Crippen molar-refractivity contribution in [2.24, 2.45) is 0 Å². The van der Waals surface area contributed by atoms with Gasteiger partial charge in [0.25, 0.3) is 0 Å². The van der Waals surface area contributed by atoms with E-state index in [1.54, 1.807) is 6.07 Å². The van der Waals surface area contributed by atoms with Crippen molar-refractivity contribution in [3.63, 3.8) is 0 Å². The summed E-state index contributed by atoms with van der Waals surface area (Å²) >= 11 is 0. The number of rotatable bonds is 14. The summed E-state index contributed by atoms with van der Waals surface area (Å²) in [5.74, 6) is -9.25. The first kappa shape index (κ1) is 32.6. The van der Waals surface area contributed by atoms with E-state index in [0.29, 0.717) is 6.07 Å². The lowest BCUT2D eigenvalue weighted by molar-refractivity contribution is -0.140. The average molecular weight is 583 g/mol. The van der Waals surface area contributed by atoms with Crippen LogP contribution in [0.1, 0.15) is 71.2 Å². The van der Waals surface area contributed by atoms with Crippen LogP contribution >= 0.6 is 0 Å². The van der Waals surface area contributed by atoms with Crippen LogP contribution in [0.25, 0.3) is 0 Å². The number of carbonyl (C=O) groups is 7. The van der Waals surface area contributed by atoms with E-state index in [9.17, 15) is 43.8 Å². The van der Waals surface area contributed by atoms with Crippen LogP contribution < -0.4 is 0 Å². The first-order chi connectivity index (χ1) is 19.8. The van der Waals surface area contributed by atoms with Crippen molar-refractivity contribution in [3.05, 3.63) is 94.1 Å². The van der Waals surface area contributed by atoms with Crippen LogP contribution in [0.5, 0.6) is 0 Å². The highest BCUT2D eigenvalue weighted by atomic mass is 16.6. The summed E-state index contributed by atoms with van der Waals surface area (Å²) in [7, 11) is 0. The predicted molar refractivity (Wildman–Crippen MR) is 142 cm³/mol. The van der Waals surface area contributed by atoms with Crippen molar-refractivity contribution in [2.75, 3.05) is 26.4 Å². The summed E-state index contributed by atoms with van der Waals surface area (Å²) in [6, 6.07) is 7.89. The van der Waals surface area contributed by atoms with E-state index in [2.05, 4.69) is 13.2 Å². The Hall–Kier alpha value is -5.59. The van der Waals surface area contributed by atoms with Gasteiger partial charge in [-0.25, -0.2) is 28.8 Å². The van der Waals surface area contributed by atoms with Crippen LogP contribution in [0, 0.1) is 0 Å². The molecule has 13 nitrogen and oxygen atoms in total. The normalized spacial score (nSPS) is 10.1. The average Bonchev–Trinajstić information content (AvgIpc) is 2.95. The molecule has 220 valence electrons. The van der Waals surface area contributed by atoms with E-state index in [1.807, 2.05) is 0 Å². The lowest BCUT2D eigenvalue weighted by atomic mass is 9.87. The SMILES string of the molecule is C=C(C)C(=O)OCCOC(=O)c1cc(C(=O)c2ccccc2)c(C(=O)O)c(C(=O)O)c1C(=O)OCCOC(=O)C(=C)C. The van der Waals surface area contributed by atoms with E-state index in [4.69, 9.17) is 18.9 Å². The van der Waals surface area contributed by atoms with Gasteiger partial charge in [0.05, 0.1) is 22.3 Å². The summed E-state index contributed by atoms with van der Waals surface area (Å²) < 4.78 is 19.6. The highest BCUT2D eigenvalue weighted by Crippen LogP contribution is 2.28. The highest BCUT2D eigenvalue weighted by Gasteiger charge is 2.36. The molecule has 0 aliphatic rings. The van der Waals surface area contributed by atoms with Crippen LogP contribution in [0.4, 0.5) is 0 Å². The molecule has 2 rings (SSSR count). The first-order valence-electron chi connectivity index (χ1n) is 12.0. The topological polar surface area (TPSA) is 197 Å². The molecule has 0 heterocycles. The molecule has 0 atom stereocenters. The van der Waals surface area contributed by atoms with E-state index in [-0.39, 0.29) is 16.7 Å². The fraction of sp³-hybridized carbons (Fsp3) is 0.207. The summed E-state index contributed by atoms with van der Waals surface area (Å²) in [5, 5.41) is 19.9. The van der Waals surface area contributed by atoms with Gasteiger partial charge in [0.15, 0.2) is 5.78 Å². The second-order valence-corrected chi connectivity index (χ2v) is 8.51. The van der Waals surface area contributed by atoms with Gasteiger partial charge in [-0.05, 0) is 19.9 Å². The molecule has 2 aromatic carbocycles. The van der Waals surface area contributed by atoms with Gasteiger partial charge in [0.1, 0.15) is 26.4 Å². The van der Waals surface area contributed by atoms with Crippen LogP contribution in [0.15, 0.2) is 60.7 Å². The number of carboxylic acids is 2. The number of hydrogen-bond donors (Lipinski definition) is 2. The van der Waals surface area contributed by atoms with Crippen molar-refractivity contribution in [2.45, 2.75) is 13.8 Å². The number of carbonyl (C=O) groups excluding carboxylic acids is 5. The molecular formula is C29H26O13. The molecule has 0 saturated heterocycles. The van der Waals surface area contributed by atoms with Crippen LogP contribution in [-0.4, -0.2) is 78.2 Å². The number of hydrogen-bond acceptors (Lipinski definition) is 11. The quantitative estimate of drug-likeness (QED) is 0.108. The van der Waals surface area contributed by atoms with Gasteiger partial charge in [-0.3, -0.25) is 4.79 Å². The Morgan fingerprint density at radius 1 is 0.619 bits per heavy atom. The number of esters is 4. The fourth-order valence-electron chi connectivity index (χ4n) is 3.35. The molecule has 0 spiro atoms. The molecule has 0 aromatic heterocycles. The van der Waals surface area contributed by atoms with Gasteiger partial charge in [0, 0.05) is 22.3 Å². The van der Waals surface area contributed by atoms with Gasteiger partial charge in [-0.15, -0.1) is 0 Å². The van der Waals surface area contributed by atoms with Gasteiger partial charge < -0.3 is 29.2 Å². The number of ketones is 1. The minimum absolute atomic E-state index is 0.0444. The first-order valence-corrected chi connectivity index (χ1v) is 12.0. The molecule has 13 heteroatoms. The van der Waals surface area contributed by atoms with Crippen molar-refractivity contribution < 1.29 is 62.7 Å². The lowest BCUT2D eigenvalue weighted by Crippen LogP contribution is -2.26. The molecule has 0 unspecified atom stereocenters. The summed E-state index contributed by atoms with van der Waals surface area (Å²) in [6.07, 6.45) is 0. The van der Waals surface area contributed by atoms with E-state index >= 15 is 0 Å².